The number of hydrogen-bond donors (Lipinski definition) is 2. The number of para-hydroxylation sites is 1. The summed E-state index contributed by atoms with van der Waals surface area (Å²) in [6.07, 6.45) is 8.24. The van der Waals surface area contributed by atoms with Crippen molar-refractivity contribution >= 4 is 12.2 Å². The first-order chi connectivity index (χ1) is 15.7. The molecule has 2 aliphatic heterocycles. The molecule has 176 valence electrons. The number of carbonyl (C=O) groups excluding carboxylic acids is 2. The smallest absolute Gasteiger partial charge is 0.237 e. The fourth-order valence-electron chi connectivity index (χ4n) is 5.28. The Morgan fingerprint density at radius 2 is 2.00 bits per heavy atom. The molecule has 2 N–H and O–H groups in total. The van der Waals surface area contributed by atoms with Crippen LogP contribution >= 0.6 is 0 Å². The molecule has 1 amide bonds. The lowest BCUT2D eigenvalue weighted by atomic mass is 9.82. The van der Waals surface area contributed by atoms with E-state index in [0.717, 1.165) is 70.1 Å². The summed E-state index contributed by atoms with van der Waals surface area (Å²) in [5.74, 6) is 1.43. The van der Waals surface area contributed by atoms with E-state index in [4.69, 9.17) is 9.47 Å². The van der Waals surface area contributed by atoms with Crippen molar-refractivity contribution in [2.75, 3.05) is 33.4 Å². The van der Waals surface area contributed by atoms with Crippen LogP contribution in [0.1, 0.15) is 56.4 Å². The number of aldehydes is 1. The van der Waals surface area contributed by atoms with Gasteiger partial charge in [-0.25, -0.2) is 0 Å². The maximum Gasteiger partial charge on any atom is 0.237 e. The molecule has 2 saturated heterocycles. The number of carbonyl (C=O) groups is 2. The summed E-state index contributed by atoms with van der Waals surface area (Å²) in [4.78, 5) is 25.4. The molecular weight excluding hydrogens is 406 g/mol. The van der Waals surface area contributed by atoms with Crippen LogP contribution in [0, 0.1) is 0 Å². The Hall–Kier alpha value is -1.96. The van der Waals surface area contributed by atoms with E-state index < -0.39 is 0 Å². The molecule has 0 unspecified atom stereocenters. The molecule has 4 rings (SSSR count). The molecule has 0 bridgehead atoms. The normalized spacial score (nSPS) is 30.8. The van der Waals surface area contributed by atoms with Gasteiger partial charge in [0.2, 0.25) is 5.91 Å². The van der Waals surface area contributed by atoms with Crippen molar-refractivity contribution < 1.29 is 19.1 Å². The van der Waals surface area contributed by atoms with Crippen molar-refractivity contribution in [1.29, 1.82) is 0 Å². The van der Waals surface area contributed by atoms with Gasteiger partial charge < -0.3 is 20.1 Å². The maximum atomic E-state index is 12.6. The largest absolute Gasteiger partial charge is 0.486 e. The van der Waals surface area contributed by atoms with Gasteiger partial charge >= 0.3 is 0 Å². The first-order valence-electron chi connectivity index (χ1n) is 12.2. The molecule has 1 aromatic rings. The number of amides is 1. The van der Waals surface area contributed by atoms with E-state index in [1.165, 1.54) is 5.56 Å². The number of likely N-dealkylation sites (N-methyl/N-ethyl adjacent to an activating group) is 1. The molecule has 7 heteroatoms. The predicted octanol–water partition coefficient (Wildman–Crippen LogP) is 2.25. The number of hydrogen-bond acceptors (Lipinski definition) is 6. The standard InChI is InChI=1S/C25H37N3O4/c1-28-14-12-23(28)25(30)27-21-6-4-13-26-22(21)17-32-19-10-8-18(9-11-19)20-5-2-3-7-24(20)31-16-15-29/h2-3,5,7,15,18-19,21-23,26H,4,6,8-14,16-17H2,1H3,(H,27,30)/t18?,19?,21-,22-,23-/m0/s1. The lowest BCUT2D eigenvalue weighted by molar-refractivity contribution is -0.131. The molecule has 2 heterocycles. The van der Waals surface area contributed by atoms with Gasteiger partial charge in [-0.05, 0) is 76.1 Å². The monoisotopic (exact) mass is 443 g/mol. The SMILES string of the molecule is CN1CC[C@H]1C(=O)N[C@H]1CCCN[C@H]1COC1CCC(c2ccccc2OCC=O)CC1. The van der Waals surface area contributed by atoms with Gasteiger partial charge in [-0.15, -0.1) is 0 Å². The Morgan fingerprint density at radius 3 is 2.72 bits per heavy atom. The Morgan fingerprint density at radius 1 is 1.19 bits per heavy atom. The van der Waals surface area contributed by atoms with Crippen LogP contribution in [0.5, 0.6) is 5.75 Å². The van der Waals surface area contributed by atoms with Gasteiger partial charge in [0.25, 0.3) is 0 Å². The molecule has 0 spiro atoms. The zero-order valence-electron chi connectivity index (χ0n) is 19.1. The summed E-state index contributed by atoms with van der Waals surface area (Å²) in [6, 6.07) is 8.41. The minimum absolute atomic E-state index is 0.0344. The number of ether oxygens (including phenoxy) is 2. The molecule has 3 atom stereocenters. The molecule has 1 saturated carbocycles. The van der Waals surface area contributed by atoms with Crippen molar-refractivity contribution in [3.8, 4) is 5.75 Å². The second-order valence-electron chi connectivity index (χ2n) is 9.43. The van der Waals surface area contributed by atoms with Crippen molar-refractivity contribution in [2.45, 2.75) is 75.1 Å². The van der Waals surface area contributed by atoms with E-state index in [-0.39, 0.29) is 36.7 Å². The van der Waals surface area contributed by atoms with E-state index in [9.17, 15) is 9.59 Å². The average Bonchev–Trinajstić information content (AvgIpc) is 2.81. The lowest BCUT2D eigenvalue weighted by Gasteiger charge is -2.40. The van der Waals surface area contributed by atoms with Crippen LogP contribution in [0.4, 0.5) is 0 Å². The topological polar surface area (TPSA) is 79.9 Å². The van der Waals surface area contributed by atoms with Crippen LogP contribution in [0.25, 0.3) is 0 Å². The van der Waals surface area contributed by atoms with Crippen LogP contribution in [0.3, 0.4) is 0 Å². The van der Waals surface area contributed by atoms with Gasteiger partial charge in [0.1, 0.15) is 12.4 Å². The Labute approximate surface area is 191 Å². The van der Waals surface area contributed by atoms with Crippen LogP contribution in [0.2, 0.25) is 0 Å². The second-order valence-corrected chi connectivity index (χ2v) is 9.43. The number of nitrogens with one attached hydrogen (secondary N) is 2. The summed E-state index contributed by atoms with van der Waals surface area (Å²) in [5, 5.41) is 6.84. The van der Waals surface area contributed by atoms with Crippen molar-refractivity contribution in [2.24, 2.45) is 0 Å². The van der Waals surface area contributed by atoms with Gasteiger partial charge in [-0.1, -0.05) is 18.2 Å². The maximum absolute atomic E-state index is 12.6. The van der Waals surface area contributed by atoms with E-state index in [1.807, 2.05) is 25.2 Å². The number of nitrogens with zero attached hydrogens (tertiary/aromatic N) is 1. The minimum Gasteiger partial charge on any atom is -0.486 e. The Balaban J connectivity index is 1.24. The van der Waals surface area contributed by atoms with E-state index in [1.54, 1.807) is 0 Å². The minimum atomic E-state index is 0.0344. The van der Waals surface area contributed by atoms with Gasteiger partial charge in [-0.3, -0.25) is 14.5 Å². The van der Waals surface area contributed by atoms with Crippen LogP contribution in [0.15, 0.2) is 24.3 Å². The molecule has 1 aliphatic carbocycles. The fourth-order valence-corrected chi connectivity index (χ4v) is 5.28. The summed E-state index contributed by atoms with van der Waals surface area (Å²) >= 11 is 0. The van der Waals surface area contributed by atoms with Gasteiger partial charge in [0.15, 0.2) is 6.29 Å². The molecule has 3 fully saturated rings. The van der Waals surface area contributed by atoms with Gasteiger partial charge in [0.05, 0.1) is 24.8 Å². The molecule has 0 radical (unpaired) electrons. The van der Waals surface area contributed by atoms with Crippen molar-refractivity contribution in [3.05, 3.63) is 29.8 Å². The van der Waals surface area contributed by atoms with Crippen molar-refractivity contribution in [3.63, 3.8) is 0 Å². The lowest BCUT2D eigenvalue weighted by Crippen LogP contribution is -2.61. The van der Waals surface area contributed by atoms with Gasteiger partial charge in [-0.2, -0.15) is 0 Å². The highest BCUT2D eigenvalue weighted by molar-refractivity contribution is 5.83. The molecule has 0 aromatic heterocycles. The predicted molar refractivity (Wildman–Crippen MR) is 123 cm³/mol. The van der Waals surface area contributed by atoms with Crippen LogP contribution in [-0.4, -0.2) is 74.7 Å². The van der Waals surface area contributed by atoms with Crippen LogP contribution in [-0.2, 0) is 14.3 Å². The first kappa shape index (κ1) is 23.2. The van der Waals surface area contributed by atoms with Crippen LogP contribution < -0.4 is 15.4 Å². The zero-order valence-corrected chi connectivity index (χ0v) is 19.1. The Bertz CT molecular complexity index is 765. The Kier molecular flexibility index (Phi) is 8.16. The fraction of sp³-hybridized carbons (Fsp3) is 0.680. The number of likely N-dealkylation sites (tertiary alicyclic amines) is 1. The van der Waals surface area contributed by atoms with E-state index >= 15 is 0 Å². The summed E-state index contributed by atoms with van der Waals surface area (Å²) < 4.78 is 12.0. The molecule has 3 aliphatic rings. The van der Waals surface area contributed by atoms with E-state index in [0.29, 0.717) is 12.5 Å². The third kappa shape index (κ3) is 5.69. The zero-order chi connectivity index (χ0) is 22.3. The second kappa shape index (κ2) is 11.3. The quantitative estimate of drug-likeness (QED) is 0.570. The summed E-state index contributed by atoms with van der Waals surface area (Å²) in [6.45, 7) is 2.72. The highest BCUT2D eigenvalue weighted by atomic mass is 16.5. The average molecular weight is 444 g/mol. The summed E-state index contributed by atoms with van der Waals surface area (Å²) in [7, 11) is 2.01. The number of benzene rings is 1. The first-order valence-corrected chi connectivity index (χ1v) is 12.2. The highest BCUT2D eigenvalue weighted by Crippen LogP contribution is 2.38. The number of rotatable bonds is 9. The van der Waals surface area contributed by atoms with E-state index in [2.05, 4.69) is 21.6 Å². The molecule has 7 nitrogen and oxygen atoms in total. The summed E-state index contributed by atoms with van der Waals surface area (Å²) in [5.41, 5.74) is 1.20. The molecule has 32 heavy (non-hydrogen) atoms. The molecule has 1 aromatic carbocycles. The van der Waals surface area contributed by atoms with Crippen molar-refractivity contribution in [1.82, 2.24) is 15.5 Å². The molecular formula is C25H37N3O4. The van der Waals surface area contributed by atoms with Gasteiger partial charge in [0, 0.05) is 12.6 Å². The third-order valence-corrected chi connectivity index (χ3v) is 7.35. The number of piperidine rings is 1. The third-order valence-electron chi connectivity index (χ3n) is 7.35. The highest BCUT2D eigenvalue weighted by Gasteiger charge is 2.35.